The first kappa shape index (κ1) is 20.7. The van der Waals surface area contributed by atoms with E-state index in [9.17, 15) is 19.1 Å². The third-order valence-electron chi connectivity index (χ3n) is 4.98. The van der Waals surface area contributed by atoms with E-state index in [1.165, 1.54) is 23.5 Å². The van der Waals surface area contributed by atoms with Gasteiger partial charge in [0.05, 0.1) is 12.1 Å². The Labute approximate surface area is 181 Å². The summed E-state index contributed by atoms with van der Waals surface area (Å²) in [6, 6.07) is 11.1. The molecule has 2 heterocycles. The van der Waals surface area contributed by atoms with Crippen molar-refractivity contribution in [2.24, 2.45) is 0 Å². The number of thiazole rings is 1. The third-order valence-corrected chi connectivity index (χ3v) is 5.92. The van der Waals surface area contributed by atoms with Gasteiger partial charge in [0.2, 0.25) is 5.91 Å². The summed E-state index contributed by atoms with van der Waals surface area (Å²) < 4.78 is 13.4. The topological polar surface area (TPSA) is 95.1 Å². The van der Waals surface area contributed by atoms with E-state index in [4.69, 9.17) is 0 Å². The number of halogens is 1. The molecule has 3 N–H and O–H groups in total. The average Bonchev–Trinajstić information content (AvgIpc) is 3.35. The minimum atomic E-state index is -1.14. The molecule has 6 nitrogen and oxygen atoms in total. The summed E-state index contributed by atoms with van der Waals surface area (Å²) in [5.41, 5.74) is 3.99. The summed E-state index contributed by atoms with van der Waals surface area (Å²) in [5, 5.41) is 15.5. The summed E-state index contributed by atoms with van der Waals surface area (Å²) in [6.07, 6.45) is 1.71. The number of aryl methyl sites for hydroxylation is 1. The summed E-state index contributed by atoms with van der Waals surface area (Å²) >= 11 is 1.44. The fourth-order valence-corrected chi connectivity index (χ4v) is 4.20. The summed E-state index contributed by atoms with van der Waals surface area (Å²) in [5.74, 6) is -1.93. The van der Waals surface area contributed by atoms with Crippen LogP contribution in [0.1, 0.15) is 16.8 Å². The van der Waals surface area contributed by atoms with Crippen LogP contribution >= 0.6 is 11.3 Å². The van der Waals surface area contributed by atoms with E-state index in [1.54, 1.807) is 17.6 Å². The van der Waals surface area contributed by atoms with E-state index in [-0.39, 0.29) is 18.7 Å². The molecule has 0 saturated carbocycles. The van der Waals surface area contributed by atoms with Crippen LogP contribution in [-0.4, -0.2) is 33.0 Å². The van der Waals surface area contributed by atoms with E-state index in [0.29, 0.717) is 16.8 Å². The fourth-order valence-electron chi connectivity index (χ4n) is 3.37. The number of aromatic amines is 1. The van der Waals surface area contributed by atoms with Crippen LogP contribution in [0.2, 0.25) is 0 Å². The van der Waals surface area contributed by atoms with Gasteiger partial charge in [-0.2, -0.15) is 0 Å². The number of carboxylic acid groups (broad SMARTS) is 1. The second-order valence-electron chi connectivity index (χ2n) is 7.35. The molecule has 2 aromatic carbocycles. The molecule has 158 valence electrons. The Balaban J connectivity index is 1.43. The van der Waals surface area contributed by atoms with Crippen LogP contribution in [0.4, 0.5) is 4.39 Å². The maximum absolute atomic E-state index is 13.4. The highest BCUT2D eigenvalue weighted by Crippen LogP contribution is 2.24. The second-order valence-corrected chi connectivity index (χ2v) is 8.21. The van der Waals surface area contributed by atoms with Crippen LogP contribution in [0.3, 0.4) is 0 Å². The van der Waals surface area contributed by atoms with Crippen molar-refractivity contribution in [3.63, 3.8) is 0 Å². The Morgan fingerprint density at radius 3 is 2.74 bits per heavy atom. The Morgan fingerprint density at radius 1 is 1.23 bits per heavy atom. The number of nitrogens with one attached hydrogen (secondary N) is 2. The largest absolute Gasteiger partial charge is 0.480 e. The number of amides is 1. The highest BCUT2D eigenvalue weighted by Gasteiger charge is 2.22. The third kappa shape index (κ3) is 4.80. The van der Waals surface area contributed by atoms with Gasteiger partial charge in [-0.1, -0.05) is 29.8 Å². The maximum atomic E-state index is 13.4. The van der Waals surface area contributed by atoms with Gasteiger partial charge >= 0.3 is 5.97 Å². The molecule has 4 rings (SSSR count). The highest BCUT2D eigenvalue weighted by atomic mass is 32.1. The van der Waals surface area contributed by atoms with Crippen molar-refractivity contribution < 1.29 is 19.1 Å². The maximum Gasteiger partial charge on any atom is 0.326 e. The molecule has 0 bridgehead atoms. The molecule has 1 amide bonds. The van der Waals surface area contributed by atoms with Gasteiger partial charge in [0, 0.05) is 34.5 Å². The van der Waals surface area contributed by atoms with Crippen molar-refractivity contribution in [2.45, 2.75) is 25.8 Å². The van der Waals surface area contributed by atoms with Gasteiger partial charge in [-0.05, 0) is 30.7 Å². The first-order valence-corrected chi connectivity index (χ1v) is 10.6. The Hall–Kier alpha value is -3.52. The van der Waals surface area contributed by atoms with E-state index in [1.807, 2.05) is 31.2 Å². The SMILES string of the molecule is Cc1ccc(-c2nc(CC(=O)NC(Cc3c[nH]c4cc(F)ccc34)C(=O)O)cs2)cc1. The highest BCUT2D eigenvalue weighted by molar-refractivity contribution is 7.13. The number of carbonyl (C=O) groups excluding carboxylic acids is 1. The van der Waals surface area contributed by atoms with Crippen molar-refractivity contribution in [2.75, 3.05) is 0 Å². The molecule has 0 aliphatic rings. The molecule has 1 atom stereocenters. The van der Waals surface area contributed by atoms with Gasteiger partial charge in [-0.15, -0.1) is 11.3 Å². The molecular weight excluding hydrogens is 417 g/mol. The molecule has 0 fully saturated rings. The van der Waals surface area contributed by atoms with Crippen molar-refractivity contribution in [3.8, 4) is 10.6 Å². The van der Waals surface area contributed by atoms with Crippen LogP contribution in [0.25, 0.3) is 21.5 Å². The summed E-state index contributed by atoms with van der Waals surface area (Å²) in [4.78, 5) is 31.6. The van der Waals surface area contributed by atoms with Gasteiger partial charge in [0.15, 0.2) is 0 Å². The van der Waals surface area contributed by atoms with Gasteiger partial charge in [-0.3, -0.25) is 4.79 Å². The van der Waals surface area contributed by atoms with Gasteiger partial charge < -0.3 is 15.4 Å². The minimum Gasteiger partial charge on any atom is -0.480 e. The zero-order valence-electron chi connectivity index (χ0n) is 16.7. The molecular formula is C23H20FN3O3S. The first-order chi connectivity index (χ1) is 14.9. The number of benzene rings is 2. The molecule has 0 radical (unpaired) electrons. The molecule has 0 saturated heterocycles. The molecule has 8 heteroatoms. The van der Waals surface area contributed by atoms with Gasteiger partial charge in [0.25, 0.3) is 0 Å². The van der Waals surface area contributed by atoms with Crippen LogP contribution in [0, 0.1) is 12.7 Å². The fraction of sp³-hybridized carbons (Fsp3) is 0.174. The van der Waals surface area contributed by atoms with Crippen LogP contribution in [-0.2, 0) is 22.4 Å². The lowest BCUT2D eigenvalue weighted by atomic mass is 10.0. The van der Waals surface area contributed by atoms with Crippen molar-refractivity contribution in [1.82, 2.24) is 15.3 Å². The first-order valence-electron chi connectivity index (χ1n) is 9.68. The number of H-pyrrole nitrogens is 1. The number of fused-ring (bicyclic) bond motifs is 1. The molecule has 31 heavy (non-hydrogen) atoms. The van der Waals surface area contributed by atoms with E-state index in [0.717, 1.165) is 21.5 Å². The van der Waals surface area contributed by atoms with Crippen LogP contribution < -0.4 is 5.32 Å². The van der Waals surface area contributed by atoms with Crippen LogP contribution in [0.5, 0.6) is 0 Å². The Kier molecular flexibility index (Phi) is 5.81. The molecule has 0 aliphatic heterocycles. The van der Waals surface area contributed by atoms with Crippen LogP contribution in [0.15, 0.2) is 54.0 Å². The monoisotopic (exact) mass is 437 g/mol. The van der Waals surface area contributed by atoms with Crippen molar-refractivity contribution >= 4 is 34.1 Å². The van der Waals surface area contributed by atoms with E-state index >= 15 is 0 Å². The zero-order chi connectivity index (χ0) is 22.0. The number of aromatic nitrogens is 2. The number of hydrogen-bond acceptors (Lipinski definition) is 4. The lowest BCUT2D eigenvalue weighted by molar-refractivity contribution is -0.141. The van der Waals surface area contributed by atoms with Crippen molar-refractivity contribution in [3.05, 3.63) is 76.7 Å². The number of carbonyl (C=O) groups is 2. The number of aliphatic carboxylic acids is 1. The van der Waals surface area contributed by atoms with E-state index < -0.39 is 17.9 Å². The Bertz CT molecular complexity index is 1250. The summed E-state index contributed by atoms with van der Waals surface area (Å²) in [6.45, 7) is 2.01. The minimum absolute atomic E-state index is 0.00869. The van der Waals surface area contributed by atoms with Gasteiger partial charge in [-0.25, -0.2) is 14.2 Å². The van der Waals surface area contributed by atoms with E-state index in [2.05, 4.69) is 15.3 Å². The Morgan fingerprint density at radius 2 is 2.00 bits per heavy atom. The lowest BCUT2D eigenvalue weighted by Gasteiger charge is -2.14. The van der Waals surface area contributed by atoms with Gasteiger partial charge in [0.1, 0.15) is 16.9 Å². The second kappa shape index (κ2) is 8.69. The number of nitrogens with zero attached hydrogens (tertiary/aromatic N) is 1. The number of rotatable bonds is 7. The van der Waals surface area contributed by atoms with Crippen molar-refractivity contribution in [1.29, 1.82) is 0 Å². The quantitative estimate of drug-likeness (QED) is 0.406. The number of hydrogen-bond donors (Lipinski definition) is 3. The average molecular weight is 437 g/mol. The normalized spacial score (nSPS) is 12.1. The smallest absolute Gasteiger partial charge is 0.326 e. The molecule has 4 aromatic rings. The predicted molar refractivity (Wildman–Crippen MR) is 118 cm³/mol. The molecule has 0 spiro atoms. The lowest BCUT2D eigenvalue weighted by Crippen LogP contribution is -2.43. The zero-order valence-corrected chi connectivity index (χ0v) is 17.5. The standard InChI is InChI=1S/C23H20FN3O3S/c1-13-2-4-14(5-3-13)22-26-17(12-31-22)10-21(28)27-20(23(29)30)8-15-11-25-19-9-16(24)6-7-18(15)19/h2-7,9,11-12,20,25H,8,10H2,1H3,(H,27,28)(H,29,30). The molecule has 1 unspecified atom stereocenters. The molecule has 0 aliphatic carbocycles. The number of carboxylic acids is 1. The molecule has 2 aromatic heterocycles. The summed E-state index contributed by atoms with van der Waals surface area (Å²) in [7, 11) is 0. The predicted octanol–water partition coefficient (Wildman–Crippen LogP) is 4.09.